The molecule has 0 aliphatic carbocycles. The number of rotatable bonds is 5. The minimum absolute atomic E-state index is 0.0130. The van der Waals surface area contributed by atoms with Crippen molar-refractivity contribution in [3.8, 4) is 17.0 Å². The molecule has 6 heteroatoms. The molecule has 2 aromatic carbocycles. The normalized spacial score (nSPS) is 13.9. The highest BCUT2D eigenvalue weighted by atomic mass is 16.5. The predicted molar refractivity (Wildman–Crippen MR) is 118 cm³/mol. The molecule has 3 aromatic rings. The summed E-state index contributed by atoms with van der Waals surface area (Å²) in [6.07, 6.45) is 0. The molecule has 0 bridgehead atoms. The molecule has 6 nitrogen and oxygen atoms in total. The molecule has 0 spiro atoms. The van der Waals surface area contributed by atoms with E-state index in [1.807, 2.05) is 67.3 Å². The van der Waals surface area contributed by atoms with Crippen LogP contribution in [-0.2, 0) is 4.79 Å². The molecule has 1 fully saturated rings. The van der Waals surface area contributed by atoms with Gasteiger partial charge in [0.05, 0.1) is 5.69 Å². The van der Waals surface area contributed by atoms with E-state index in [0.717, 1.165) is 41.7 Å². The van der Waals surface area contributed by atoms with Gasteiger partial charge in [0, 0.05) is 37.8 Å². The summed E-state index contributed by atoms with van der Waals surface area (Å²) in [5, 5.41) is 0. The highest BCUT2D eigenvalue weighted by Crippen LogP contribution is 2.22. The van der Waals surface area contributed by atoms with E-state index >= 15 is 0 Å². The third-order valence-corrected chi connectivity index (χ3v) is 5.23. The number of carbonyl (C=O) groups excluding carboxylic acids is 1. The summed E-state index contributed by atoms with van der Waals surface area (Å²) in [6.45, 7) is 6.78. The number of benzene rings is 2. The lowest BCUT2D eigenvalue weighted by atomic mass is 10.1. The summed E-state index contributed by atoms with van der Waals surface area (Å²) < 4.78 is 5.64. The molecule has 154 valence electrons. The maximum Gasteiger partial charge on any atom is 0.260 e. The molecule has 1 aliphatic rings. The summed E-state index contributed by atoms with van der Waals surface area (Å²) in [4.78, 5) is 25.8. The fourth-order valence-electron chi connectivity index (χ4n) is 3.53. The maximum absolute atomic E-state index is 12.5. The van der Waals surface area contributed by atoms with Gasteiger partial charge in [-0.1, -0.05) is 48.0 Å². The lowest BCUT2D eigenvalue weighted by molar-refractivity contribution is -0.133. The first-order valence-electron chi connectivity index (χ1n) is 10.2. The van der Waals surface area contributed by atoms with Gasteiger partial charge in [-0.25, -0.2) is 9.97 Å². The summed E-state index contributed by atoms with van der Waals surface area (Å²) in [5.41, 5.74) is 3.16. The number of anilines is 1. The summed E-state index contributed by atoms with van der Waals surface area (Å²) >= 11 is 0. The molecule has 0 radical (unpaired) electrons. The second kappa shape index (κ2) is 8.95. The van der Waals surface area contributed by atoms with Gasteiger partial charge in [-0.2, -0.15) is 0 Å². The molecule has 4 rings (SSSR count). The van der Waals surface area contributed by atoms with Crippen LogP contribution >= 0.6 is 0 Å². The molecule has 2 heterocycles. The molecule has 1 amide bonds. The minimum atomic E-state index is 0.0130. The van der Waals surface area contributed by atoms with E-state index in [9.17, 15) is 4.79 Å². The SMILES string of the molecule is Cc1ccc(OCC(=O)N2CCN(c3cc(-c4ccccc4)nc(C)n3)CC2)cc1. The molecule has 1 aliphatic heterocycles. The molecule has 30 heavy (non-hydrogen) atoms. The van der Waals surface area contributed by atoms with E-state index in [0.29, 0.717) is 13.1 Å². The quantitative estimate of drug-likeness (QED) is 0.654. The van der Waals surface area contributed by atoms with Crippen molar-refractivity contribution in [2.45, 2.75) is 13.8 Å². The largest absolute Gasteiger partial charge is 0.484 e. The van der Waals surface area contributed by atoms with Crippen molar-refractivity contribution in [3.05, 3.63) is 72.1 Å². The number of carbonyl (C=O) groups is 1. The lowest BCUT2D eigenvalue weighted by Crippen LogP contribution is -2.50. The topological polar surface area (TPSA) is 58.6 Å². The van der Waals surface area contributed by atoms with Crippen molar-refractivity contribution in [2.75, 3.05) is 37.7 Å². The van der Waals surface area contributed by atoms with Gasteiger partial charge < -0.3 is 14.5 Å². The molecule has 1 saturated heterocycles. The van der Waals surface area contributed by atoms with Crippen LogP contribution in [0.2, 0.25) is 0 Å². The van der Waals surface area contributed by atoms with Crippen molar-refractivity contribution >= 4 is 11.7 Å². The van der Waals surface area contributed by atoms with Crippen LogP contribution in [0.4, 0.5) is 5.82 Å². The maximum atomic E-state index is 12.5. The van der Waals surface area contributed by atoms with E-state index < -0.39 is 0 Å². The Kier molecular flexibility index (Phi) is 5.93. The number of aryl methyl sites for hydroxylation is 2. The average molecular weight is 402 g/mol. The van der Waals surface area contributed by atoms with Gasteiger partial charge in [-0.05, 0) is 26.0 Å². The third kappa shape index (κ3) is 4.76. The second-order valence-corrected chi connectivity index (χ2v) is 7.49. The number of amides is 1. The van der Waals surface area contributed by atoms with Crippen molar-refractivity contribution in [1.82, 2.24) is 14.9 Å². The first kappa shape index (κ1) is 19.9. The highest BCUT2D eigenvalue weighted by molar-refractivity contribution is 5.78. The van der Waals surface area contributed by atoms with Crippen LogP contribution < -0.4 is 9.64 Å². The fourth-order valence-corrected chi connectivity index (χ4v) is 3.53. The summed E-state index contributed by atoms with van der Waals surface area (Å²) in [7, 11) is 0. The van der Waals surface area contributed by atoms with Gasteiger partial charge in [-0.3, -0.25) is 4.79 Å². The van der Waals surface area contributed by atoms with Crippen LogP contribution in [0.15, 0.2) is 60.7 Å². The zero-order chi connectivity index (χ0) is 20.9. The van der Waals surface area contributed by atoms with Crippen molar-refractivity contribution < 1.29 is 9.53 Å². The number of piperazine rings is 1. The lowest BCUT2D eigenvalue weighted by Gasteiger charge is -2.35. The van der Waals surface area contributed by atoms with E-state index in [-0.39, 0.29) is 12.5 Å². The molecule has 0 N–H and O–H groups in total. The van der Waals surface area contributed by atoms with E-state index in [1.165, 1.54) is 5.56 Å². The summed E-state index contributed by atoms with van der Waals surface area (Å²) in [6, 6.07) is 19.9. The average Bonchev–Trinajstić information content (AvgIpc) is 2.79. The highest BCUT2D eigenvalue weighted by Gasteiger charge is 2.23. The fraction of sp³-hybridized carbons (Fsp3) is 0.292. The zero-order valence-electron chi connectivity index (χ0n) is 17.4. The Bertz CT molecular complexity index is 997. The van der Waals surface area contributed by atoms with Gasteiger partial charge in [-0.15, -0.1) is 0 Å². The molecular weight excluding hydrogens is 376 g/mol. The van der Waals surface area contributed by atoms with Crippen LogP contribution in [0, 0.1) is 13.8 Å². The first-order valence-corrected chi connectivity index (χ1v) is 10.2. The van der Waals surface area contributed by atoms with E-state index in [2.05, 4.69) is 27.0 Å². The van der Waals surface area contributed by atoms with Crippen molar-refractivity contribution in [1.29, 1.82) is 0 Å². The Hall–Kier alpha value is -3.41. The van der Waals surface area contributed by atoms with Gasteiger partial charge in [0.1, 0.15) is 17.4 Å². The molecule has 0 atom stereocenters. The molecule has 0 saturated carbocycles. The van der Waals surface area contributed by atoms with Crippen LogP contribution in [0.3, 0.4) is 0 Å². The standard InChI is InChI=1S/C24H26N4O2/c1-18-8-10-21(11-9-18)30-17-24(29)28-14-12-27(13-15-28)23-16-22(25-19(2)26-23)20-6-4-3-5-7-20/h3-11,16H,12-15,17H2,1-2H3. The number of hydrogen-bond donors (Lipinski definition) is 0. The summed E-state index contributed by atoms with van der Waals surface area (Å²) in [5.74, 6) is 2.39. The van der Waals surface area contributed by atoms with Crippen LogP contribution in [0.25, 0.3) is 11.3 Å². The van der Waals surface area contributed by atoms with Gasteiger partial charge in [0.15, 0.2) is 6.61 Å². The smallest absolute Gasteiger partial charge is 0.260 e. The molecular formula is C24H26N4O2. The van der Waals surface area contributed by atoms with Gasteiger partial charge in [0.2, 0.25) is 0 Å². The van der Waals surface area contributed by atoms with Crippen LogP contribution in [0.5, 0.6) is 5.75 Å². The minimum Gasteiger partial charge on any atom is -0.484 e. The monoisotopic (exact) mass is 402 g/mol. The number of hydrogen-bond acceptors (Lipinski definition) is 5. The zero-order valence-corrected chi connectivity index (χ0v) is 17.4. The Balaban J connectivity index is 1.35. The second-order valence-electron chi connectivity index (χ2n) is 7.49. The van der Waals surface area contributed by atoms with E-state index in [4.69, 9.17) is 4.74 Å². The third-order valence-electron chi connectivity index (χ3n) is 5.23. The van der Waals surface area contributed by atoms with Gasteiger partial charge in [0.25, 0.3) is 5.91 Å². The Morgan fingerprint density at radius 2 is 1.63 bits per heavy atom. The van der Waals surface area contributed by atoms with Crippen LogP contribution in [-0.4, -0.2) is 53.6 Å². The molecule has 1 aromatic heterocycles. The predicted octanol–water partition coefficient (Wildman–Crippen LogP) is 3.49. The van der Waals surface area contributed by atoms with E-state index in [1.54, 1.807) is 0 Å². The van der Waals surface area contributed by atoms with Crippen molar-refractivity contribution in [3.63, 3.8) is 0 Å². The first-order chi connectivity index (χ1) is 14.6. The number of nitrogens with zero attached hydrogens (tertiary/aromatic N) is 4. The number of ether oxygens (including phenoxy) is 1. The van der Waals surface area contributed by atoms with Crippen LogP contribution in [0.1, 0.15) is 11.4 Å². The number of aromatic nitrogens is 2. The molecule has 0 unspecified atom stereocenters. The van der Waals surface area contributed by atoms with Crippen molar-refractivity contribution in [2.24, 2.45) is 0 Å². The van der Waals surface area contributed by atoms with Gasteiger partial charge >= 0.3 is 0 Å². The Labute approximate surface area is 177 Å². The Morgan fingerprint density at radius 1 is 0.933 bits per heavy atom. The Morgan fingerprint density at radius 3 is 2.33 bits per heavy atom.